The predicted octanol–water partition coefficient (Wildman–Crippen LogP) is 5.28. The number of rotatable bonds is 4. The molecule has 0 spiro atoms. The molecule has 6 nitrogen and oxygen atoms in total. The molecule has 0 bridgehead atoms. The zero-order valence-corrected chi connectivity index (χ0v) is 18.1. The summed E-state index contributed by atoms with van der Waals surface area (Å²) in [5.41, 5.74) is 5.24. The Morgan fingerprint density at radius 2 is 0.906 bits per heavy atom. The number of pyridine rings is 2. The average Bonchev–Trinajstić information content (AvgIpc) is 2.83. The number of aromatic nitrogens is 2. The van der Waals surface area contributed by atoms with E-state index in [0.29, 0.717) is 9.79 Å². The van der Waals surface area contributed by atoms with Crippen molar-refractivity contribution in [1.29, 1.82) is 0 Å². The third-order valence-corrected chi connectivity index (χ3v) is 6.71. The molecule has 3 aromatic carbocycles. The fourth-order valence-corrected chi connectivity index (χ4v) is 4.57. The molecule has 0 saturated heterocycles. The van der Waals surface area contributed by atoms with E-state index in [4.69, 9.17) is 0 Å². The molecule has 0 radical (unpaired) electrons. The smallest absolute Gasteiger partial charge is 0.186 e. The lowest BCUT2D eigenvalue weighted by molar-refractivity contribution is 0.563. The minimum absolute atomic E-state index is 0.347. The van der Waals surface area contributed by atoms with Gasteiger partial charge in [0, 0.05) is 23.2 Å². The Morgan fingerprint density at radius 1 is 0.531 bits per heavy atom. The van der Waals surface area contributed by atoms with Gasteiger partial charge in [-0.15, -0.1) is 0 Å². The van der Waals surface area contributed by atoms with Gasteiger partial charge in [0.2, 0.25) is 0 Å². The van der Waals surface area contributed by atoms with E-state index in [1.807, 2.05) is 48.5 Å². The van der Waals surface area contributed by atoms with Crippen molar-refractivity contribution in [3.8, 4) is 22.3 Å². The summed E-state index contributed by atoms with van der Waals surface area (Å²) in [4.78, 5) is 9.87. The number of nitrogens with zero attached hydrogens (tertiary/aromatic N) is 2. The van der Waals surface area contributed by atoms with Crippen LogP contribution in [-0.4, -0.2) is 27.5 Å². The van der Waals surface area contributed by atoms with E-state index in [9.17, 15) is 17.5 Å². The van der Waals surface area contributed by atoms with Gasteiger partial charge in [-0.25, -0.2) is 8.42 Å². The molecule has 32 heavy (non-hydrogen) atoms. The minimum Gasteiger partial charge on any atom is -0.302 e. The van der Waals surface area contributed by atoms with Crippen molar-refractivity contribution in [1.82, 2.24) is 9.97 Å². The number of hydrogen-bond donors (Lipinski definition) is 2. The lowest BCUT2D eigenvalue weighted by Gasteiger charge is -2.11. The molecule has 5 rings (SSSR count). The molecule has 0 fully saturated rings. The molecule has 2 N–H and O–H groups in total. The van der Waals surface area contributed by atoms with Crippen LogP contribution in [0.15, 0.2) is 95.0 Å². The number of benzene rings is 3. The van der Waals surface area contributed by atoms with E-state index >= 15 is 0 Å². The Balaban J connectivity index is 1.68. The van der Waals surface area contributed by atoms with Gasteiger partial charge in [-0.3, -0.25) is 9.97 Å². The summed E-state index contributed by atoms with van der Waals surface area (Å²) in [6, 6.07) is 21.6. The first-order valence-electron chi connectivity index (χ1n) is 9.62. The van der Waals surface area contributed by atoms with Crippen molar-refractivity contribution >= 4 is 44.0 Å². The van der Waals surface area contributed by atoms with E-state index < -0.39 is 22.2 Å². The highest BCUT2D eigenvalue weighted by atomic mass is 32.2. The van der Waals surface area contributed by atoms with Crippen LogP contribution in [0.3, 0.4) is 0 Å². The van der Waals surface area contributed by atoms with Crippen LogP contribution in [0.1, 0.15) is 0 Å². The second-order valence-electron chi connectivity index (χ2n) is 7.12. The molecular weight excluding hydrogens is 444 g/mol. The SMILES string of the molecule is O=S(O)c1ccc(-c2ccnc3c2ccc2c(-c4ccc(S(=O)O)cc4)ccnc23)cc1. The third-order valence-electron chi connectivity index (χ3n) is 5.36. The number of fused-ring (bicyclic) bond motifs is 3. The fraction of sp³-hybridized carbons (Fsp3) is 0. The van der Waals surface area contributed by atoms with Crippen molar-refractivity contribution in [2.45, 2.75) is 9.79 Å². The molecule has 0 aliphatic rings. The van der Waals surface area contributed by atoms with Crippen LogP contribution in [0, 0.1) is 0 Å². The Labute approximate surface area is 188 Å². The molecule has 2 aromatic heterocycles. The normalized spacial score (nSPS) is 13.3. The van der Waals surface area contributed by atoms with Crippen molar-refractivity contribution in [3.05, 3.63) is 85.2 Å². The summed E-state index contributed by atoms with van der Waals surface area (Å²) in [6.07, 6.45) is 3.46. The molecule has 0 aliphatic heterocycles. The molecule has 2 heterocycles. The molecule has 5 aromatic rings. The molecule has 158 valence electrons. The number of hydrogen-bond acceptors (Lipinski definition) is 4. The van der Waals surface area contributed by atoms with E-state index in [1.54, 1.807) is 36.7 Å². The van der Waals surface area contributed by atoms with E-state index in [1.165, 1.54) is 0 Å². The first kappa shape index (κ1) is 20.6. The molecule has 0 saturated carbocycles. The first-order valence-corrected chi connectivity index (χ1v) is 11.8. The Morgan fingerprint density at radius 3 is 1.25 bits per heavy atom. The summed E-state index contributed by atoms with van der Waals surface area (Å²) in [5.74, 6) is 0. The minimum atomic E-state index is -2.02. The van der Waals surface area contributed by atoms with Crippen molar-refractivity contribution in [2.24, 2.45) is 0 Å². The topological polar surface area (TPSA) is 100 Å². The molecule has 0 amide bonds. The average molecular weight is 461 g/mol. The van der Waals surface area contributed by atoms with E-state index in [2.05, 4.69) is 9.97 Å². The highest BCUT2D eigenvalue weighted by Gasteiger charge is 2.13. The summed E-state index contributed by atoms with van der Waals surface area (Å²) in [7, 11) is 0. The van der Waals surface area contributed by atoms with Crippen LogP contribution in [0.4, 0.5) is 0 Å². The van der Waals surface area contributed by atoms with Crippen molar-refractivity contribution < 1.29 is 17.5 Å². The lowest BCUT2D eigenvalue weighted by Crippen LogP contribution is -1.92. The van der Waals surface area contributed by atoms with Crippen molar-refractivity contribution in [2.75, 3.05) is 0 Å². The second-order valence-corrected chi connectivity index (χ2v) is 9.06. The predicted molar refractivity (Wildman–Crippen MR) is 126 cm³/mol. The van der Waals surface area contributed by atoms with Gasteiger partial charge in [0.15, 0.2) is 22.2 Å². The van der Waals surface area contributed by atoms with E-state index in [-0.39, 0.29) is 0 Å². The lowest BCUT2D eigenvalue weighted by atomic mass is 9.96. The van der Waals surface area contributed by atoms with Crippen LogP contribution in [0.25, 0.3) is 44.1 Å². The quantitative estimate of drug-likeness (QED) is 0.280. The Kier molecular flexibility index (Phi) is 5.36. The standard InChI is InChI=1S/C24H16N2O4S2/c27-31(28)17-5-1-15(2-6-17)19-11-13-25-23-21(19)9-10-22-20(12-14-26-24(22)23)16-3-7-18(8-4-16)32(29)30/h1-14H,(H,27,28)(H,29,30). The van der Waals surface area contributed by atoms with Gasteiger partial charge < -0.3 is 9.11 Å². The maximum absolute atomic E-state index is 11.3. The molecule has 8 heteroatoms. The monoisotopic (exact) mass is 460 g/mol. The van der Waals surface area contributed by atoms with Crippen LogP contribution >= 0.6 is 0 Å². The molecule has 0 aliphatic carbocycles. The molecular formula is C24H16N2O4S2. The van der Waals surface area contributed by atoms with Crippen molar-refractivity contribution in [3.63, 3.8) is 0 Å². The summed E-state index contributed by atoms with van der Waals surface area (Å²) in [5, 5.41) is 1.85. The fourth-order valence-electron chi connectivity index (χ4n) is 3.83. The maximum Gasteiger partial charge on any atom is 0.186 e. The summed E-state index contributed by atoms with van der Waals surface area (Å²) in [6.45, 7) is 0. The molecule has 2 atom stereocenters. The van der Waals surface area contributed by atoms with Gasteiger partial charge in [0.25, 0.3) is 0 Å². The first-order chi connectivity index (χ1) is 15.5. The highest BCUT2D eigenvalue weighted by molar-refractivity contribution is 7.79. The zero-order valence-electron chi connectivity index (χ0n) is 16.5. The summed E-state index contributed by atoms with van der Waals surface area (Å²) >= 11 is -4.04. The van der Waals surface area contributed by atoms with Crippen LogP contribution in [0.5, 0.6) is 0 Å². The van der Waals surface area contributed by atoms with Crippen LogP contribution in [-0.2, 0) is 22.2 Å². The van der Waals surface area contributed by atoms with E-state index in [0.717, 1.165) is 44.1 Å². The van der Waals surface area contributed by atoms with Crippen LogP contribution < -0.4 is 0 Å². The van der Waals surface area contributed by atoms with Gasteiger partial charge in [0.05, 0.1) is 20.8 Å². The molecule has 2 unspecified atom stereocenters. The zero-order chi connectivity index (χ0) is 22.2. The van der Waals surface area contributed by atoms with Gasteiger partial charge in [0.1, 0.15) is 0 Å². The maximum atomic E-state index is 11.3. The van der Waals surface area contributed by atoms with Gasteiger partial charge >= 0.3 is 0 Å². The Hall–Kier alpha value is -3.30. The largest absolute Gasteiger partial charge is 0.302 e. The second kappa shape index (κ2) is 8.33. The Bertz CT molecular complexity index is 1400. The summed E-state index contributed by atoms with van der Waals surface area (Å²) < 4.78 is 41.1. The van der Waals surface area contributed by atoms with Gasteiger partial charge in [-0.2, -0.15) is 0 Å². The van der Waals surface area contributed by atoms with Crippen LogP contribution in [0.2, 0.25) is 0 Å². The van der Waals surface area contributed by atoms with Gasteiger partial charge in [-0.05, 0) is 58.7 Å². The van der Waals surface area contributed by atoms with Gasteiger partial charge in [-0.1, -0.05) is 36.4 Å². The highest BCUT2D eigenvalue weighted by Crippen LogP contribution is 2.35. The third kappa shape index (κ3) is 3.63.